The van der Waals surface area contributed by atoms with Gasteiger partial charge in [-0.15, -0.1) is 0 Å². The number of benzene rings is 7. The summed E-state index contributed by atoms with van der Waals surface area (Å²) in [7, 11) is 0. The van der Waals surface area contributed by atoms with Gasteiger partial charge < -0.3 is 10.6 Å². The number of aryl methyl sites for hydroxylation is 4. The maximum Gasteiger partial charge on any atom is 0.0390 e. The van der Waals surface area contributed by atoms with E-state index in [2.05, 4.69) is 196 Å². The van der Waals surface area contributed by atoms with Gasteiger partial charge in [-0.25, -0.2) is 0 Å². The molecule has 0 aliphatic rings. The largest absolute Gasteiger partial charge is 0.356 e. The second-order valence-electron chi connectivity index (χ2n) is 12.7. The topological polar surface area (TPSA) is 24.1 Å². The van der Waals surface area contributed by atoms with Crippen LogP contribution in [-0.4, -0.2) is 0 Å². The predicted molar refractivity (Wildman–Crippen MR) is 207 cm³/mol. The van der Waals surface area contributed by atoms with Gasteiger partial charge in [-0.3, -0.25) is 0 Å². The van der Waals surface area contributed by atoms with E-state index >= 15 is 0 Å². The third-order valence-corrected chi connectivity index (χ3v) is 9.12. The van der Waals surface area contributed by atoms with Gasteiger partial charge in [0.25, 0.3) is 0 Å². The Balaban J connectivity index is 1.10. The van der Waals surface area contributed by atoms with Gasteiger partial charge in [-0.05, 0) is 143 Å². The van der Waals surface area contributed by atoms with Crippen LogP contribution in [0.15, 0.2) is 158 Å². The number of nitrogens with one attached hydrogen (secondary N) is 2. The van der Waals surface area contributed by atoms with Crippen molar-refractivity contribution in [3.8, 4) is 44.5 Å². The summed E-state index contributed by atoms with van der Waals surface area (Å²) >= 11 is 0. The van der Waals surface area contributed by atoms with Crippen molar-refractivity contribution < 1.29 is 0 Å². The van der Waals surface area contributed by atoms with Gasteiger partial charge in [0.05, 0.1) is 0 Å². The van der Waals surface area contributed by atoms with E-state index in [9.17, 15) is 0 Å². The Hall–Kier alpha value is -5.86. The molecule has 7 aromatic carbocycles. The number of rotatable bonds is 8. The summed E-state index contributed by atoms with van der Waals surface area (Å²) in [6, 6.07) is 56.4. The monoisotopic (exact) mass is 620 g/mol. The molecule has 0 heterocycles. The summed E-state index contributed by atoms with van der Waals surface area (Å²) < 4.78 is 0. The van der Waals surface area contributed by atoms with Crippen molar-refractivity contribution in [1.82, 2.24) is 0 Å². The van der Waals surface area contributed by atoms with E-state index in [1.807, 2.05) is 0 Å². The Morgan fingerprint density at radius 3 is 1.02 bits per heavy atom. The summed E-state index contributed by atoms with van der Waals surface area (Å²) in [5.74, 6) is 0. The van der Waals surface area contributed by atoms with Crippen molar-refractivity contribution in [3.63, 3.8) is 0 Å². The van der Waals surface area contributed by atoms with Gasteiger partial charge in [-0.1, -0.05) is 109 Å². The molecule has 2 nitrogen and oxygen atoms in total. The summed E-state index contributed by atoms with van der Waals surface area (Å²) in [6.07, 6.45) is 0. The van der Waals surface area contributed by atoms with E-state index < -0.39 is 0 Å². The lowest BCUT2D eigenvalue weighted by molar-refractivity contribution is 1.38. The van der Waals surface area contributed by atoms with E-state index in [1.165, 1.54) is 66.8 Å². The zero-order chi connectivity index (χ0) is 33.0. The molecule has 2 heteroatoms. The molecule has 234 valence electrons. The lowest BCUT2D eigenvalue weighted by Crippen LogP contribution is -1.95. The molecule has 0 atom stereocenters. The van der Waals surface area contributed by atoms with Crippen molar-refractivity contribution in [2.24, 2.45) is 0 Å². The van der Waals surface area contributed by atoms with E-state index in [1.54, 1.807) is 0 Å². The Morgan fingerprint density at radius 1 is 0.271 bits per heavy atom. The molecule has 0 aliphatic heterocycles. The lowest BCUT2D eigenvalue weighted by atomic mass is 9.91. The van der Waals surface area contributed by atoms with Crippen LogP contribution in [0.2, 0.25) is 0 Å². The molecule has 0 spiro atoms. The highest BCUT2D eigenvalue weighted by Gasteiger charge is 2.11. The average Bonchev–Trinajstić information content (AvgIpc) is 3.10. The molecular weight excluding hydrogens is 581 g/mol. The van der Waals surface area contributed by atoms with Gasteiger partial charge in [0.15, 0.2) is 0 Å². The van der Waals surface area contributed by atoms with E-state index in [0.717, 1.165) is 22.7 Å². The maximum atomic E-state index is 3.64. The summed E-state index contributed by atoms with van der Waals surface area (Å²) in [4.78, 5) is 0. The number of anilines is 4. The lowest BCUT2D eigenvalue weighted by Gasteiger charge is -2.16. The summed E-state index contributed by atoms with van der Waals surface area (Å²) in [5.41, 5.74) is 19.2. The Bertz CT molecular complexity index is 2050. The van der Waals surface area contributed by atoms with E-state index in [-0.39, 0.29) is 0 Å². The molecule has 0 unspecified atom stereocenters. The predicted octanol–water partition coefficient (Wildman–Crippen LogP) is 13.1. The van der Waals surface area contributed by atoms with Gasteiger partial charge in [0.1, 0.15) is 0 Å². The van der Waals surface area contributed by atoms with Crippen LogP contribution in [0, 0.1) is 27.7 Å². The Kier molecular flexibility index (Phi) is 8.64. The first kappa shape index (κ1) is 30.8. The molecule has 0 fully saturated rings. The first-order valence-corrected chi connectivity index (χ1v) is 16.6. The molecule has 0 radical (unpaired) electrons. The molecule has 0 aromatic heterocycles. The summed E-state index contributed by atoms with van der Waals surface area (Å²) in [6.45, 7) is 8.77. The molecule has 0 aliphatic carbocycles. The van der Waals surface area contributed by atoms with Crippen molar-refractivity contribution in [1.29, 1.82) is 0 Å². The fraction of sp³-hybridized carbons (Fsp3) is 0.0870. The van der Waals surface area contributed by atoms with Crippen LogP contribution in [0.25, 0.3) is 44.5 Å². The number of hydrogen-bond acceptors (Lipinski definition) is 2. The van der Waals surface area contributed by atoms with Crippen LogP contribution in [-0.2, 0) is 0 Å². The van der Waals surface area contributed by atoms with Gasteiger partial charge in [0.2, 0.25) is 0 Å². The normalized spacial score (nSPS) is 10.9. The van der Waals surface area contributed by atoms with Crippen LogP contribution >= 0.6 is 0 Å². The van der Waals surface area contributed by atoms with Crippen LogP contribution < -0.4 is 10.6 Å². The molecule has 7 rings (SSSR count). The highest BCUT2D eigenvalue weighted by Crippen LogP contribution is 2.35. The van der Waals surface area contributed by atoms with Crippen LogP contribution in [0.4, 0.5) is 22.7 Å². The quantitative estimate of drug-likeness (QED) is 0.177. The maximum absolute atomic E-state index is 3.64. The minimum atomic E-state index is 1.08. The SMILES string of the molecule is Cc1cc(Nc2cccc(-c3cc(C)c(-c4cccc(Nc5ccc(-c6ccccc6)c(C)c5)c4)cc3C)c2)ccc1-c1ccccc1. The molecule has 0 amide bonds. The average molecular weight is 621 g/mol. The van der Waals surface area contributed by atoms with Gasteiger partial charge in [-0.2, -0.15) is 0 Å². The van der Waals surface area contributed by atoms with E-state index in [4.69, 9.17) is 0 Å². The van der Waals surface area contributed by atoms with Crippen LogP contribution in [0.3, 0.4) is 0 Å². The molecule has 0 saturated heterocycles. The summed E-state index contributed by atoms with van der Waals surface area (Å²) in [5, 5.41) is 7.28. The van der Waals surface area contributed by atoms with Crippen molar-refractivity contribution in [3.05, 3.63) is 180 Å². The highest BCUT2D eigenvalue weighted by atomic mass is 14.9. The highest BCUT2D eigenvalue weighted by molar-refractivity contribution is 5.81. The van der Waals surface area contributed by atoms with E-state index in [0.29, 0.717) is 0 Å². The Labute approximate surface area is 284 Å². The minimum absolute atomic E-state index is 1.08. The molecule has 48 heavy (non-hydrogen) atoms. The molecule has 0 bridgehead atoms. The molecular formula is C46H40N2. The smallest absolute Gasteiger partial charge is 0.0390 e. The number of hydrogen-bond donors (Lipinski definition) is 2. The molecule has 0 saturated carbocycles. The van der Waals surface area contributed by atoms with Crippen molar-refractivity contribution in [2.45, 2.75) is 27.7 Å². The van der Waals surface area contributed by atoms with Gasteiger partial charge >= 0.3 is 0 Å². The zero-order valence-electron chi connectivity index (χ0n) is 28.0. The first-order valence-electron chi connectivity index (χ1n) is 16.6. The second-order valence-corrected chi connectivity index (χ2v) is 12.7. The minimum Gasteiger partial charge on any atom is -0.356 e. The fourth-order valence-corrected chi connectivity index (χ4v) is 6.67. The second kappa shape index (κ2) is 13.5. The standard InChI is InChI=1S/C46H40N2/c1-31-25-41(21-23-43(31)35-13-7-5-8-14-35)47-39-19-11-17-37(29-39)45-27-34(4)46(28-33(45)3)38-18-12-20-40(30-38)48-42-22-24-44(32(2)26-42)36-15-9-6-10-16-36/h5-30,47-48H,1-4H3. The van der Waals surface area contributed by atoms with Crippen LogP contribution in [0.1, 0.15) is 22.3 Å². The Morgan fingerprint density at radius 2 is 0.625 bits per heavy atom. The fourth-order valence-electron chi connectivity index (χ4n) is 6.67. The van der Waals surface area contributed by atoms with Gasteiger partial charge in [0, 0.05) is 22.7 Å². The van der Waals surface area contributed by atoms with Crippen LogP contribution in [0.5, 0.6) is 0 Å². The first-order chi connectivity index (χ1) is 23.4. The molecule has 7 aromatic rings. The third kappa shape index (κ3) is 6.65. The zero-order valence-corrected chi connectivity index (χ0v) is 28.0. The van der Waals surface area contributed by atoms with Crippen molar-refractivity contribution in [2.75, 3.05) is 10.6 Å². The third-order valence-electron chi connectivity index (χ3n) is 9.12. The van der Waals surface area contributed by atoms with Crippen molar-refractivity contribution >= 4 is 22.7 Å². The molecule has 2 N–H and O–H groups in total.